The molecule has 0 spiro atoms. The van der Waals surface area contributed by atoms with Crippen LogP contribution in [-0.4, -0.2) is 13.6 Å². The van der Waals surface area contributed by atoms with E-state index in [2.05, 4.69) is 5.32 Å². The number of hydrogen-bond acceptors (Lipinski definition) is 1. The quantitative estimate of drug-likeness (QED) is 0.840. The van der Waals surface area contributed by atoms with Crippen LogP contribution >= 0.6 is 0 Å². The summed E-state index contributed by atoms with van der Waals surface area (Å²) < 4.78 is 38.2. The standard InChI is InChI=1S/C12H14F3N/c1-16-7-8-6-10(8)9-4-2-3-5-11(9)12(13,14)15/h2-5,8,10,16H,6-7H2,1H3/t8-,10+/m1/s1. The van der Waals surface area contributed by atoms with Gasteiger partial charge in [0.15, 0.2) is 0 Å². The summed E-state index contributed by atoms with van der Waals surface area (Å²) in [5.74, 6) is 0.429. The van der Waals surface area contributed by atoms with Gasteiger partial charge in [-0.2, -0.15) is 13.2 Å². The van der Waals surface area contributed by atoms with E-state index in [1.165, 1.54) is 12.1 Å². The molecule has 1 aromatic carbocycles. The minimum atomic E-state index is -4.23. The highest BCUT2D eigenvalue weighted by Gasteiger charge is 2.43. The Morgan fingerprint density at radius 1 is 1.31 bits per heavy atom. The highest BCUT2D eigenvalue weighted by molar-refractivity contribution is 5.36. The van der Waals surface area contributed by atoms with Gasteiger partial charge < -0.3 is 5.32 Å². The van der Waals surface area contributed by atoms with Gasteiger partial charge in [-0.3, -0.25) is 0 Å². The Balaban J connectivity index is 2.22. The van der Waals surface area contributed by atoms with E-state index in [4.69, 9.17) is 0 Å². The molecule has 0 heterocycles. The smallest absolute Gasteiger partial charge is 0.319 e. The van der Waals surface area contributed by atoms with Crippen LogP contribution in [0.4, 0.5) is 13.2 Å². The molecule has 4 heteroatoms. The van der Waals surface area contributed by atoms with Crippen LogP contribution in [0.15, 0.2) is 24.3 Å². The van der Waals surface area contributed by atoms with E-state index >= 15 is 0 Å². The third-order valence-corrected chi connectivity index (χ3v) is 3.05. The first-order valence-corrected chi connectivity index (χ1v) is 5.34. The number of rotatable bonds is 3. The van der Waals surface area contributed by atoms with E-state index in [9.17, 15) is 13.2 Å². The van der Waals surface area contributed by atoms with Crippen LogP contribution in [0.1, 0.15) is 23.5 Å². The summed E-state index contributed by atoms with van der Waals surface area (Å²) in [6.45, 7) is 0.789. The molecule has 2 rings (SSSR count). The molecule has 0 unspecified atom stereocenters. The lowest BCUT2D eigenvalue weighted by Crippen LogP contribution is -2.12. The van der Waals surface area contributed by atoms with Crippen molar-refractivity contribution in [1.29, 1.82) is 0 Å². The molecule has 2 atom stereocenters. The van der Waals surface area contributed by atoms with Gasteiger partial charge in [-0.15, -0.1) is 0 Å². The molecule has 0 saturated heterocycles. The van der Waals surface area contributed by atoms with E-state index < -0.39 is 11.7 Å². The predicted octanol–water partition coefficient (Wildman–Crippen LogP) is 3.03. The average molecular weight is 229 g/mol. The number of alkyl halides is 3. The van der Waals surface area contributed by atoms with Gasteiger partial charge >= 0.3 is 6.18 Å². The van der Waals surface area contributed by atoms with Crippen molar-refractivity contribution in [3.63, 3.8) is 0 Å². The normalized spacial score (nSPS) is 24.5. The van der Waals surface area contributed by atoms with Gasteiger partial charge in [0.05, 0.1) is 5.56 Å². The SMILES string of the molecule is CNC[C@H]1C[C@@H]1c1ccccc1C(F)(F)F. The summed E-state index contributed by atoms with van der Waals surface area (Å²) in [6.07, 6.45) is -3.38. The lowest BCUT2D eigenvalue weighted by molar-refractivity contribution is -0.138. The van der Waals surface area contributed by atoms with Crippen molar-refractivity contribution in [3.05, 3.63) is 35.4 Å². The molecule has 1 aliphatic rings. The second-order valence-electron chi connectivity index (χ2n) is 4.24. The van der Waals surface area contributed by atoms with Crippen molar-refractivity contribution in [1.82, 2.24) is 5.32 Å². The Labute approximate surface area is 92.7 Å². The first kappa shape index (κ1) is 11.5. The minimum absolute atomic E-state index is 0.0743. The zero-order valence-corrected chi connectivity index (χ0v) is 9.01. The number of nitrogens with one attached hydrogen (secondary N) is 1. The third-order valence-electron chi connectivity index (χ3n) is 3.05. The zero-order valence-electron chi connectivity index (χ0n) is 9.01. The Hall–Kier alpha value is -1.03. The molecule has 1 nitrogen and oxygen atoms in total. The van der Waals surface area contributed by atoms with Crippen LogP contribution in [0.2, 0.25) is 0 Å². The summed E-state index contributed by atoms with van der Waals surface area (Å²) in [5.41, 5.74) is -0.0196. The Bertz CT molecular complexity index is 373. The van der Waals surface area contributed by atoms with Crippen molar-refractivity contribution >= 4 is 0 Å². The van der Waals surface area contributed by atoms with Gasteiger partial charge in [-0.05, 0) is 43.5 Å². The van der Waals surface area contributed by atoms with Crippen molar-refractivity contribution in [2.45, 2.75) is 18.5 Å². The summed E-state index contributed by atoms with van der Waals surface area (Å²) >= 11 is 0. The van der Waals surface area contributed by atoms with E-state index in [1.54, 1.807) is 12.1 Å². The van der Waals surface area contributed by atoms with Gasteiger partial charge in [0.2, 0.25) is 0 Å². The molecule has 0 amide bonds. The minimum Gasteiger partial charge on any atom is -0.319 e. The van der Waals surface area contributed by atoms with Crippen molar-refractivity contribution in [2.24, 2.45) is 5.92 Å². The van der Waals surface area contributed by atoms with Gasteiger partial charge in [-0.1, -0.05) is 18.2 Å². The molecule has 0 aliphatic heterocycles. The Morgan fingerprint density at radius 2 is 2.00 bits per heavy atom. The second kappa shape index (κ2) is 4.09. The molecular weight excluding hydrogens is 215 g/mol. The molecular formula is C12H14F3N. The monoisotopic (exact) mass is 229 g/mol. The fraction of sp³-hybridized carbons (Fsp3) is 0.500. The molecule has 0 bridgehead atoms. The van der Waals surface area contributed by atoms with E-state index in [1.807, 2.05) is 7.05 Å². The average Bonchev–Trinajstić information content (AvgIpc) is 2.97. The molecule has 0 radical (unpaired) electrons. The second-order valence-corrected chi connectivity index (χ2v) is 4.24. The van der Waals surface area contributed by atoms with Crippen LogP contribution < -0.4 is 5.32 Å². The van der Waals surface area contributed by atoms with Crippen molar-refractivity contribution in [2.75, 3.05) is 13.6 Å². The van der Waals surface area contributed by atoms with Crippen LogP contribution in [0, 0.1) is 5.92 Å². The number of hydrogen-bond donors (Lipinski definition) is 1. The van der Waals surface area contributed by atoms with E-state index in [0.717, 1.165) is 13.0 Å². The maximum Gasteiger partial charge on any atom is 0.416 e. The zero-order chi connectivity index (χ0) is 11.8. The first-order valence-electron chi connectivity index (χ1n) is 5.34. The van der Waals surface area contributed by atoms with E-state index in [-0.39, 0.29) is 5.92 Å². The predicted molar refractivity (Wildman–Crippen MR) is 56.2 cm³/mol. The summed E-state index contributed by atoms with van der Waals surface area (Å²) in [4.78, 5) is 0. The van der Waals surface area contributed by atoms with Gasteiger partial charge in [0, 0.05) is 0 Å². The fourth-order valence-electron chi connectivity index (χ4n) is 2.19. The third kappa shape index (κ3) is 2.21. The van der Waals surface area contributed by atoms with Crippen molar-refractivity contribution < 1.29 is 13.2 Å². The molecule has 1 saturated carbocycles. The molecule has 16 heavy (non-hydrogen) atoms. The topological polar surface area (TPSA) is 12.0 Å². The van der Waals surface area contributed by atoms with Crippen molar-refractivity contribution in [3.8, 4) is 0 Å². The lowest BCUT2D eigenvalue weighted by atomic mass is 10.0. The summed E-state index contributed by atoms with van der Waals surface area (Å²) in [5, 5.41) is 3.01. The first-order chi connectivity index (χ1) is 7.54. The number of halogens is 3. The Kier molecular flexibility index (Phi) is 2.93. The lowest BCUT2D eigenvalue weighted by Gasteiger charge is -2.12. The molecule has 1 fully saturated rings. The van der Waals surface area contributed by atoms with Gasteiger partial charge in [-0.25, -0.2) is 0 Å². The molecule has 1 N–H and O–H groups in total. The van der Waals surface area contributed by atoms with Crippen LogP contribution in [0.25, 0.3) is 0 Å². The van der Waals surface area contributed by atoms with Crippen LogP contribution in [0.5, 0.6) is 0 Å². The summed E-state index contributed by atoms with van der Waals surface area (Å²) in [7, 11) is 1.82. The molecule has 0 aromatic heterocycles. The van der Waals surface area contributed by atoms with Gasteiger partial charge in [0.25, 0.3) is 0 Å². The highest BCUT2D eigenvalue weighted by atomic mass is 19.4. The maximum absolute atomic E-state index is 12.7. The maximum atomic E-state index is 12.7. The van der Waals surface area contributed by atoms with Gasteiger partial charge in [0.1, 0.15) is 0 Å². The van der Waals surface area contributed by atoms with E-state index in [0.29, 0.717) is 11.5 Å². The number of benzene rings is 1. The Morgan fingerprint density at radius 3 is 2.62 bits per heavy atom. The largest absolute Gasteiger partial charge is 0.416 e. The highest BCUT2D eigenvalue weighted by Crippen LogP contribution is 2.50. The summed E-state index contributed by atoms with van der Waals surface area (Å²) in [6, 6.07) is 5.90. The fourth-order valence-corrected chi connectivity index (χ4v) is 2.19. The molecule has 88 valence electrons. The molecule has 1 aromatic rings. The van der Waals surface area contributed by atoms with Crippen LogP contribution in [0.3, 0.4) is 0 Å². The molecule has 1 aliphatic carbocycles. The van der Waals surface area contributed by atoms with Crippen LogP contribution in [-0.2, 0) is 6.18 Å².